The molecule has 0 radical (unpaired) electrons. The van der Waals surface area contributed by atoms with E-state index in [0.717, 1.165) is 12.8 Å². The maximum Gasteiger partial charge on any atom is 0.243 e. The summed E-state index contributed by atoms with van der Waals surface area (Å²) in [6.45, 7) is 4.10. The molecule has 7 nitrogen and oxygen atoms in total. The number of morpholine rings is 1. The molecule has 0 aliphatic carbocycles. The zero-order valence-corrected chi connectivity index (χ0v) is 16.7. The molecule has 0 amide bonds. The normalized spacial score (nSPS) is 16.7. The van der Waals surface area contributed by atoms with Gasteiger partial charge in [-0.05, 0) is 24.1 Å². The first-order valence-corrected chi connectivity index (χ1v) is 12.1. The molecule has 0 atom stereocenters. The van der Waals surface area contributed by atoms with Crippen molar-refractivity contribution in [2.45, 2.75) is 30.4 Å². The molecule has 1 aliphatic rings. The van der Waals surface area contributed by atoms with Crippen LogP contribution in [0.2, 0.25) is 0 Å². The Balaban J connectivity index is 2.02. The summed E-state index contributed by atoms with van der Waals surface area (Å²) >= 11 is 0. The minimum Gasteiger partial charge on any atom is -0.380 e. The van der Waals surface area contributed by atoms with E-state index < -0.39 is 19.9 Å². The SMILES string of the molecule is CCCCOCCS(=O)(=O)Cc1cccc(S(=O)(=O)N2CCOCC2)c1. The fourth-order valence-corrected chi connectivity index (χ4v) is 5.27. The summed E-state index contributed by atoms with van der Waals surface area (Å²) < 4.78 is 61.7. The fourth-order valence-electron chi connectivity index (χ4n) is 2.59. The van der Waals surface area contributed by atoms with Gasteiger partial charge in [0.05, 0.1) is 36.2 Å². The van der Waals surface area contributed by atoms with Gasteiger partial charge < -0.3 is 9.47 Å². The van der Waals surface area contributed by atoms with Gasteiger partial charge in [-0.3, -0.25) is 0 Å². The first-order valence-electron chi connectivity index (χ1n) is 8.80. The Labute approximate surface area is 156 Å². The predicted molar refractivity (Wildman–Crippen MR) is 99.2 cm³/mol. The van der Waals surface area contributed by atoms with E-state index in [1.165, 1.54) is 16.4 Å². The number of hydrogen-bond acceptors (Lipinski definition) is 6. The van der Waals surface area contributed by atoms with Crippen LogP contribution in [0.25, 0.3) is 0 Å². The van der Waals surface area contributed by atoms with Gasteiger partial charge in [0.2, 0.25) is 10.0 Å². The van der Waals surface area contributed by atoms with E-state index in [-0.39, 0.29) is 23.0 Å². The predicted octanol–water partition coefficient (Wildman–Crippen LogP) is 1.44. The van der Waals surface area contributed by atoms with Crippen LogP contribution in [0, 0.1) is 0 Å². The Bertz CT molecular complexity index is 770. The van der Waals surface area contributed by atoms with E-state index in [0.29, 0.717) is 38.5 Å². The van der Waals surface area contributed by atoms with Crippen LogP contribution in [0.3, 0.4) is 0 Å². The van der Waals surface area contributed by atoms with Crippen LogP contribution in [0.1, 0.15) is 25.3 Å². The quantitative estimate of drug-likeness (QED) is 0.547. The van der Waals surface area contributed by atoms with Gasteiger partial charge in [-0.1, -0.05) is 25.5 Å². The lowest BCUT2D eigenvalue weighted by molar-refractivity contribution is 0.0730. The second-order valence-corrected chi connectivity index (χ2v) is 10.3. The molecule has 0 saturated carbocycles. The van der Waals surface area contributed by atoms with Crippen molar-refractivity contribution in [3.05, 3.63) is 29.8 Å². The van der Waals surface area contributed by atoms with Gasteiger partial charge in [-0.25, -0.2) is 16.8 Å². The van der Waals surface area contributed by atoms with Crippen LogP contribution in [0.15, 0.2) is 29.2 Å². The monoisotopic (exact) mass is 405 g/mol. The number of sulfonamides is 1. The maximum atomic E-state index is 12.7. The first kappa shape index (κ1) is 21.3. The molecule has 1 fully saturated rings. The number of hydrogen-bond donors (Lipinski definition) is 0. The lowest BCUT2D eigenvalue weighted by Crippen LogP contribution is -2.40. The average molecular weight is 406 g/mol. The van der Waals surface area contributed by atoms with E-state index in [4.69, 9.17) is 9.47 Å². The topological polar surface area (TPSA) is 90.0 Å². The molecule has 0 N–H and O–H groups in total. The number of benzene rings is 1. The highest BCUT2D eigenvalue weighted by atomic mass is 32.2. The van der Waals surface area contributed by atoms with Crippen LogP contribution < -0.4 is 0 Å². The summed E-state index contributed by atoms with van der Waals surface area (Å²) in [5, 5.41) is 0. The van der Waals surface area contributed by atoms with Crippen molar-refractivity contribution in [2.24, 2.45) is 0 Å². The van der Waals surface area contributed by atoms with Crippen molar-refractivity contribution in [1.82, 2.24) is 4.31 Å². The maximum absolute atomic E-state index is 12.7. The van der Waals surface area contributed by atoms with Gasteiger partial charge in [-0.2, -0.15) is 4.31 Å². The third-order valence-electron chi connectivity index (χ3n) is 4.07. The number of nitrogens with zero attached hydrogens (tertiary/aromatic N) is 1. The van der Waals surface area contributed by atoms with E-state index in [1.54, 1.807) is 12.1 Å². The van der Waals surface area contributed by atoms with Crippen molar-refractivity contribution in [2.75, 3.05) is 45.3 Å². The molecule has 2 rings (SSSR count). The van der Waals surface area contributed by atoms with E-state index >= 15 is 0 Å². The number of rotatable bonds is 10. The molecule has 1 heterocycles. The average Bonchev–Trinajstić information content (AvgIpc) is 2.62. The smallest absolute Gasteiger partial charge is 0.243 e. The lowest BCUT2D eigenvalue weighted by Gasteiger charge is -2.26. The minimum atomic E-state index is -3.63. The Hall–Kier alpha value is -1.00. The molecule has 1 saturated heterocycles. The Morgan fingerprint density at radius 2 is 1.85 bits per heavy atom. The Morgan fingerprint density at radius 3 is 2.54 bits per heavy atom. The largest absolute Gasteiger partial charge is 0.380 e. The highest BCUT2D eigenvalue weighted by Gasteiger charge is 2.26. The molecule has 0 bridgehead atoms. The van der Waals surface area contributed by atoms with E-state index in [1.807, 2.05) is 6.92 Å². The summed E-state index contributed by atoms with van der Waals surface area (Å²) in [6, 6.07) is 6.15. The molecule has 148 valence electrons. The van der Waals surface area contributed by atoms with Gasteiger partial charge in [0.1, 0.15) is 0 Å². The first-order chi connectivity index (χ1) is 12.3. The third-order valence-corrected chi connectivity index (χ3v) is 7.53. The zero-order valence-electron chi connectivity index (χ0n) is 15.1. The van der Waals surface area contributed by atoms with Gasteiger partial charge in [0, 0.05) is 19.7 Å². The van der Waals surface area contributed by atoms with Crippen LogP contribution in [-0.4, -0.2) is 66.4 Å². The summed E-state index contributed by atoms with van der Waals surface area (Å²) in [6.07, 6.45) is 1.90. The van der Waals surface area contributed by atoms with Gasteiger partial charge in [0.15, 0.2) is 9.84 Å². The van der Waals surface area contributed by atoms with Crippen LogP contribution >= 0.6 is 0 Å². The van der Waals surface area contributed by atoms with Crippen molar-refractivity contribution in [3.8, 4) is 0 Å². The molecule has 1 aromatic rings. The van der Waals surface area contributed by atoms with Crippen LogP contribution in [-0.2, 0) is 35.1 Å². The second-order valence-electron chi connectivity index (χ2n) is 6.22. The molecular formula is C17H27NO6S2. The number of ether oxygens (including phenoxy) is 2. The summed E-state index contributed by atoms with van der Waals surface area (Å²) in [5.74, 6) is -0.270. The van der Waals surface area contributed by atoms with Crippen molar-refractivity contribution in [3.63, 3.8) is 0 Å². The molecule has 0 aromatic heterocycles. The summed E-state index contributed by atoms with van der Waals surface area (Å²) in [4.78, 5) is 0.117. The van der Waals surface area contributed by atoms with Crippen molar-refractivity contribution < 1.29 is 26.3 Å². The van der Waals surface area contributed by atoms with Crippen molar-refractivity contribution in [1.29, 1.82) is 0 Å². The molecule has 1 aliphatic heterocycles. The minimum absolute atomic E-state index is 0.0723. The van der Waals surface area contributed by atoms with Crippen LogP contribution in [0.4, 0.5) is 0 Å². The molecule has 26 heavy (non-hydrogen) atoms. The molecular weight excluding hydrogens is 378 g/mol. The van der Waals surface area contributed by atoms with E-state index in [9.17, 15) is 16.8 Å². The Morgan fingerprint density at radius 1 is 1.12 bits per heavy atom. The third kappa shape index (κ3) is 6.31. The standard InChI is InChI=1S/C17H27NO6S2/c1-2-3-9-23-12-13-25(19,20)15-16-5-4-6-17(14-16)26(21,22)18-7-10-24-11-8-18/h4-6,14H,2-3,7-13,15H2,1H3. The van der Waals surface area contributed by atoms with E-state index in [2.05, 4.69) is 0 Å². The van der Waals surface area contributed by atoms with Gasteiger partial charge >= 0.3 is 0 Å². The summed E-state index contributed by atoms with van der Waals surface area (Å²) in [5.41, 5.74) is 0.466. The highest BCUT2D eigenvalue weighted by Crippen LogP contribution is 2.19. The lowest BCUT2D eigenvalue weighted by atomic mass is 10.2. The molecule has 0 unspecified atom stereocenters. The fraction of sp³-hybridized carbons (Fsp3) is 0.647. The molecule has 9 heteroatoms. The van der Waals surface area contributed by atoms with Crippen molar-refractivity contribution >= 4 is 19.9 Å². The molecule has 0 spiro atoms. The van der Waals surface area contributed by atoms with Gasteiger partial charge in [0.25, 0.3) is 0 Å². The van der Waals surface area contributed by atoms with Gasteiger partial charge in [-0.15, -0.1) is 0 Å². The molecule has 1 aromatic carbocycles. The number of unbranched alkanes of at least 4 members (excludes halogenated alkanes) is 1. The second kappa shape index (κ2) is 9.80. The van der Waals surface area contributed by atoms with Crippen LogP contribution in [0.5, 0.6) is 0 Å². The number of sulfone groups is 1. The highest BCUT2D eigenvalue weighted by molar-refractivity contribution is 7.90. The zero-order chi connectivity index (χ0) is 19.0. The Kier molecular flexibility index (Phi) is 8.03. The summed E-state index contributed by atoms with van der Waals surface area (Å²) in [7, 11) is -7.00.